The van der Waals surface area contributed by atoms with E-state index in [1.54, 1.807) is 24.4 Å². The molecule has 0 aliphatic heterocycles. The third kappa shape index (κ3) is 3.35. The van der Waals surface area contributed by atoms with Gasteiger partial charge in [-0.1, -0.05) is 6.07 Å². The van der Waals surface area contributed by atoms with Gasteiger partial charge in [0.15, 0.2) is 0 Å². The van der Waals surface area contributed by atoms with Crippen molar-refractivity contribution in [2.24, 2.45) is 5.73 Å². The first kappa shape index (κ1) is 9.15. The predicted octanol–water partition coefficient (Wildman–Crippen LogP) is 2.78. The first-order valence-corrected chi connectivity index (χ1v) is 6.27. The minimum absolute atomic E-state index is 0.230. The molecular formula is C15H21N3O. The molecule has 3 N–H and O–H groups in total. The van der Waals surface area contributed by atoms with Gasteiger partial charge in [-0.3, -0.25) is 4.98 Å². The lowest BCUT2D eigenvalue weighted by Gasteiger charge is -2.17. The molecule has 1 aromatic heterocycles. The fourth-order valence-corrected chi connectivity index (χ4v) is 1.89. The van der Waals surface area contributed by atoms with Gasteiger partial charge in [-0.2, -0.15) is 0 Å². The van der Waals surface area contributed by atoms with E-state index >= 15 is 0 Å². The number of rotatable bonds is 6. The number of benzene rings is 1. The Labute approximate surface area is 119 Å². The number of pyridine rings is 1. The van der Waals surface area contributed by atoms with Gasteiger partial charge in [0.2, 0.25) is 0 Å². The fourth-order valence-electron chi connectivity index (χ4n) is 1.89. The highest BCUT2D eigenvalue weighted by atomic mass is 16.5. The molecule has 0 amide bonds. The van der Waals surface area contributed by atoms with Crippen LogP contribution in [0.25, 0.3) is 10.9 Å². The van der Waals surface area contributed by atoms with Gasteiger partial charge in [0, 0.05) is 27.8 Å². The Bertz CT molecular complexity index is 676. The maximum Gasteiger partial charge on any atom is 0.121 e. The Morgan fingerprint density at radius 2 is 2.53 bits per heavy atom. The van der Waals surface area contributed by atoms with E-state index in [4.69, 9.17) is 16.0 Å². The van der Waals surface area contributed by atoms with Crippen LogP contribution < -0.4 is 15.8 Å². The molecule has 102 valence electrons. The number of fused-ring (bicyclic) bond motifs is 1. The van der Waals surface area contributed by atoms with Crippen molar-refractivity contribution in [3.05, 3.63) is 30.4 Å². The first-order chi connectivity index (χ1) is 10.9. The van der Waals surface area contributed by atoms with Crippen LogP contribution in [0.5, 0.6) is 5.75 Å². The number of nitrogens with one attached hydrogen (secondary N) is 1. The Morgan fingerprint density at radius 1 is 1.63 bits per heavy atom. The number of nitrogens with zero attached hydrogens (tertiary/aromatic N) is 1. The van der Waals surface area contributed by atoms with E-state index in [1.165, 1.54) is 7.11 Å². The number of methoxy groups -OCH3 is 1. The SMILES string of the molecule is [2H]c1c(OC)cc(NC(CCCN)C([2H])([2H])[2H])c2ncccc12. The van der Waals surface area contributed by atoms with E-state index < -0.39 is 12.9 Å². The van der Waals surface area contributed by atoms with Crippen LogP contribution >= 0.6 is 0 Å². The van der Waals surface area contributed by atoms with E-state index in [2.05, 4.69) is 10.3 Å². The summed E-state index contributed by atoms with van der Waals surface area (Å²) in [7, 11) is 1.48. The summed E-state index contributed by atoms with van der Waals surface area (Å²) in [4.78, 5) is 4.29. The molecule has 1 atom stereocenters. The molecular weight excluding hydrogens is 238 g/mol. The highest BCUT2D eigenvalue weighted by molar-refractivity contribution is 5.91. The van der Waals surface area contributed by atoms with Crippen LogP contribution in [-0.2, 0) is 0 Å². The molecule has 0 bridgehead atoms. The Hall–Kier alpha value is -1.81. The topological polar surface area (TPSA) is 60.2 Å². The van der Waals surface area contributed by atoms with Crippen LogP contribution in [0.1, 0.15) is 25.2 Å². The van der Waals surface area contributed by atoms with Crippen molar-refractivity contribution in [1.29, 1.82) is 0 Å². The zero-order chi connectivity index (χ0) is 17.0. The lowest BCUT2D eigenvalue weighted by atomic mass is 10.1. The second-order valence-corrected chi connectivity index (χ2v) is 4.28. The molecule has 4 nitrogen and oxygen atoms in total. The fraction of sp³-hybridized carbons (Fsp3) is 0.400. The van der Waals surface area contributed by atoms with Crippen LogP contribution in [0, 0.1) is 0 Å². The molecule has 1 heterocycles. The summed E-state index contributed by atoms with van der Waals surface area (Å²) in [6.07, 6.45) is 2.64. The number of anilines is 1. The zero-order valence-electron chi connectivity index (χ0n) is 14.9. The summed E-state index contributed by atoms with van der Waals surface area (Å²) in [5.74, 6) is 0.371. The molecule has 0 aliphatic carbocycles. The molecule has 19 heavy (non-hydrogen) atoms. The molecule has 1 aromatic carbocycles. The summed E-state index contributed by atoms with van der Waals surface area (Å²) < 4.78 is 36.5. The van der Waals surface area contributed by atoms with Crippen LogP contribution in [0.15, 0.2) is 30.4 Å². The maximum atomic E-state index is 8.13. The van der Waals surface area contributed by atoms with E-state index in [-0.39, 0.29) is 6.04 Å². The van der Waals surface area contributed by atoms with E-state index in [1.807, 2.05) is 0 Å². The molecule has 2 rings (SSSR count). The number of nitrogens with two attached hydrogens (primary N) is 1. The Morgan fingerprint density at radius 3 is 3.26 bits per heavy atom. The van der Waals surface area contributed by atoms with E-state index in [0.29, 0.717) is 41.7 Å². The molecule has 0 spiro atoms. The van der Waals surface area contributed by atoms with Gasteiger partial charge >= 0.3 is 0 Å². The van der Waals surface area contributed by atoms with Crippen LogP contribution in [0.4, 0.5) is 5.69 Å². The van der Waals surface area contributed by atoms with Crippen molar-refractivity contribution in [3.63, 3.8) is 0 Å². The maximum absolute atomic E-state index is 8.13. The molecule has 0 radical (unpaired) electrons. The first-order valence-electron chi connectivity index (χ1n) is 8.27. The molecule has 0 fully saturated rings. The zero-order valence-corrected chi connectivity index (χ0v) is 10.9. The molecule has 1 unspecified atom stereocenters. The van der Waals surface area contributed by atoms with Crippen molar-refractivity contribution in [3.8, 4) is 5.75 Å². The molecule has 0 saturated carbocycles. The average Bonchev–Trinajstić information content (AvgIpc) is 2.52. The Kier molecular flexibility index (Phi) is 3.07. The second kappa shape index (κ2) is 6.38. The second-order valence-electron chi connectivity index (χ2n) is 4.28. The lowest BCUT2D eigenvalue weighted by Crippen LogP contribution is -2.17. The molecule has 0 aliphatic rings. The number of hydrogen-bond donors (Lipinski definition) is 2. The third-order valence-electron chi connectivity index (χ3n) is 2.84. The van der Waals surface area contributed by atoms with Crippen molar-refractivity contribution in [2.75, 3.05) is 19.0 Å². The standard InChI is InChI=1S/C15H21N3O/c1-11(5-3-7-16)18-14-10-13(19-2)9-12-6-4-8-17-15(12)14/h4,6,8-11,18H,3,5,7,16H2,1-2H3/i1D3,9D. The molecule has 0 saturated heterocycles. The highest BCUT2D eigenvalue weighted by Gasteiger charge is 2.08. The summed E-state index contributed by atoms with van der Waals surface area (Å²) in [5.41, 5.74) is 6.60. The lowest BCUT2D eigenvalue weighted by molar-refractivity contribution is 0.415. The summed E-state index contributed by atoms with van der Waals surface area (Å²) in [6.45, 7) is -1.73. The molecule has 2 aromatic rings. The minimum atomic E-state index is -2.16. The highest BCUT2D eigenvalue weighted by Crippen LogP contribution is 2.28. The van der Waals surface area contributed by atoms with Crippen molar-refractivity contribution >= 4 is 16.6 Å². The Balaban J connectivity index is 2.47. The van der Waals surface area contributed by atoms with Gasteiger partial charge in [-0.25, -0.2) is 0 Å². The van der Waals surface area contributed by atoms with Crippen LogP contribution in [0.3, 0.4) is 0 Å². The summed E-state index contributed by atoms with van der Waals surface area (Å²) in [5, 5.41) is 3.66. The van der Waals surface area contributed by atoms with Crippen molar-refractivity contribution < 1.29 is 10.2 Å². The number of ether oxygens (including phenoxy) is 1. The number of hydrogen-bond acceptors (Lipinski definition) is 4. The third-order valence-corrected chi connectivity index (χ3v) is 2.84. The average molecular weight is 263 g/mol. The van der Waals surface area contributed by atoms with Gasteiger partial charge in [0.05, 0.1) is 19.7 Å². The van der Waals surface area contributed by atoms with E-state index in [9.17, 15) is 0 Å². The molecule has 4 heteroatoms. The van der Waals surface area contributed by atoms with Gasteiger partial charge in [-0.15, -0.1) is 0 Å². The minimum Gasteiger partial charge on any atom is -0.497 e. The van der Waals surface area contributed by atoms with Gasteiger partial charge in [0.1, 0.15) is 5.75 Å². The monoisotopic (exact) mass is 263 g/mol. The van der Waals surface area contributed by atoms with Gasteiger partial charge in [0.25, 0.3) is 0 Å². The van der Waals surface area contributed by atoms with E-state index in [0.717, 1.165) is 0 Å². The quantitative estimate of drug-likeness (QED) is 0.841. The van der Waals surface area contributed by atoms with Gasteiger partial charge < -0.3 is 15.8 Å². The van der Waals surface area contributed by atoms with Crippen LogP contribution in [-0.4, -0.2) is 24.7 Å². The summed E-state index contributed by atoms with van der Waals surface area (Å²) in [6, 6.07) is 4.62. The number of aromatic nitrogens is 1. The normalized spacial score (nSPS) is 16.1. The summed E-state index contributed by atoms with van der Waals surface area (Å²) >= 11 is 0. The predicted molar refractivity (Wildman–Crippen MR) is 79.7 cm³/mol. The smallest absolute Gasteiger partial charge is 0.121 e. The van der Waals surface area contributed by atoms with Crippen molar-refractivity contribution in [2.45, 2.75) is 25.7 Å². The van der Waals surface area contributed by atoms with Crippen molar-refractivity contribution in [1.82, 2.24) is 4.98 Å². The van der Waals surface area contributed by atoms with Crippen LogP contribution in [0.2, 0.25) is 0 Å². The van der Waals surface area contributed by atoms with Gasteiger partial charge in [-0.05, 0) is 38.3 Å². The largest absolute Gasteiger partial charge is 0.497 e.